The van der Waals surface area contributed by atoms with Crippen LogP contribution in [0.3, 0.4) is 0 Å². The zero-order valence-electron chi connectivity index (χ0n) is 10.0. The zero-order chi connectivity index (χ0) is 14.0. The average Bonchev–Trinajstić information content (AvgIpc) is 2.39. The number of hydrogen-bond donors (Lipinski definition) is 2. The van der Waals surface area contributed by atoms with Crippen molar-refractivity contribution in [2.24, 2.45) is 0 Å². The molecule has 0 aliphatic carbocycles. The molecule has 0 bridgehead atoms. The SMILES string of the molecule is CNC(=O)COC(=O)/C=C/C(=O)OCC(=O)NC. The lowest BCUT2D eigenvalue weighted by Crippen LogP contribution is -2.25. The fraction of sp³-hybridized carbons (Fsp3) is 0.400. The van der Waals surface area contributed by atoms with Gasteiger partial charge in [-0.3, -0.25) is 9.59 Å². The summed E-state index contributed by atoms with van der Waals surface area (Å²) in [5, 5.41) is 4.50. The molecule has 0 aromatic heterocycles. The van der Waals surface area contributed by atoms with E-state index >= 15 is 0 Å². The number of carbonyl (C=O) groups is 4. The van der Waals surface area contributed by atoms with Gasteiger partial charge >= 0.3 is 11.9 Å². The Morgan fingerprint density at radius 2 is 1.17 bits per heavy atom. The molecule has 8 nitrogen and oxygen atoms in total. The number of hydrogen-bond acceptors (Lipinski definition) is 6. The van der Waals surface area contributed by atoms with Gasteiger partial charge in [-0.15, -0.1) is 0 Å². The van der Waals surface area contributed by atoms with Crippen LogP contribution in [0.1, 0.15) is 0 Å². The molecule has 0 fully saturated rings. The van der Waals surface area contributed by atoms with Crippen LogP contribution in [0.15, 0.2) is 12.2 Å². The topological polar surface area (TPSA) is 111 Å². The first-order valence-corrected chi connectivity index (χ1v) is 4.92. The Bertz CT molecular complexity index is 329. The van der Waals surface area contributed by atoms with Crippen LogP contribution >= 0.6 is 0 Å². The molecule has 0 aromatic rings. The van der Waals surface area contributed by atoms with Crippen LogP contribution in [0, 0.1) is 0 Å². The number of esters is 2. The van der Waals surface area contributed by atoms with Gasteiger partial charge < -0.3 is 20.1 Å². The molecule has 18 heavy (non-hydrogen) atoms. The molecular formula is C10H14N2O6. The minimum Gasteiger partial charge on any atom is -0.452 e. The predicted octanol–water partition coefficient (Wildman–Crippen LogP) is -1.88. The van der Waals surface area contributed by atoms with E-state index in [-0.39, 0.29) is 0 Å². The largest absolute Gasteiger partial charge is 0.452 e. The van der Waals surface area contributed by atoms with E-state index in [1.807, 2.05) is 0 Å². The van der Waals surface area contributed by atoms with E-state index in [0.29, 0.717) is 0 Å². The van der Waals surface area contributed by atoms with Crippen LogP contribution in [0.5, 0.6) is 0 Å². The van der Waals surface area contributed by atoms with Gasteiger partial charge in [0.25, 0.3) is 11.8 Å². The normalized spacial score (nSPS) is 9.67. The van der Waals surface area contributed by atoms with Crippen molar-refractivity contribution in [1.82, 2.24) is 10.6 Å². The molecule has 2 amide bonds. The van der Waals surface area contributed by atoms with E-state index in [1.54, 1.807) is 0 Å². The highest BCUT2D eigenvalue weighted by atomic mass is 16.5. The van der Waals surface area contributed by atoms with Crippen LogP contribution in [0.25, 0.3) is 0 Å². The Morgan fingerprint density at radius 3 is 1.44 bits per heavy atom. The number of ether oxygens (including phenoxy) is 2. The van der Waals surface area contributed by atoms with Crippen LogP contribution < -0.4 is 10.6 Å². The number of rotatable bonds is 6. The van der Waals surface area contributed by atoms with Gasteiger partial charge in [-0.1, -0.05) is 0 Å². The lowest BCUT2D eigenvalue weighted by molar-refractivity contribution is -0.145. The first-order valence-electron chi connectivity index (χ1n) is 4.92. The summed E-state index contributed by atoms with van der Waals surface area (Å²) in [6.45, 7) is -0.875. The fourth-order valence-electron chi connectivity index (χ4n) is 0.650. The maximum Gasteiger partial charge on any atom is 0.331 e. The van der Waals surface area contributed by atoms with E-state index in [2.05, 4.69) is 20.1 Å². The number of amides is 2. The summed E-state index contributed by atoms with van der Waals surface area (Å²) in [7, 11) is 2.78. The van der Waals surface area contributed by atoms with Gasteiger partial charge in [-0.25, -0.2) is 9.59 Å². The molecule has 0 radical (unpaired) electrons. The van der Waals surface area contributed by atoms with Crippen LogP contribution in [-0.4, -0.2) is 51.1 Å². The van der Waals surface area contributed by atoms with Crippen molar-refractivity contribution in [3.8, 4) is 0 Å². The third-order valence-electron chi connectivity index (χ3n) is 1.60. The summed E-state index contributed by atoms with van der Waals surface area (Å²) >= 11 is 0. The first-order chi connectivity index (χ1) is 8.49. The van der Waals surface area contributed by atoms with Crippen molar-refractivity contribution in [3.05, 3.63) is 12.2 Å². The van der Waals surface area contributed by atoms with Gasteiger partial charge in [-0.05, 0) is 0 Å². The summed E-state index contributed by atoms with van der Waals surface area (Å²) in [4.78, 5) is 43.4. The quantitative estimate of drug-likeness (QED) is 0.426. The molecule has 0 unspecified atom stereocenters. The van der Waals surface area contributed by atoms with Crippen molar-refractivity contribution < 1.29 is 28.7 Å². The Morgan fingerprint density at radius 1 is 0.833 bits per heavy atom. The maximum atomic E-state index is 11.0. The highest BCUT2D eigenvalue weighted by Gasteiger charge is 2.05. The van der Waals surface area contributed by atoms with E-state index in [9.17, 15) is 19.2 Å². The zero-order valence-corrected chi connectivity index (χ0v) is 10.0. The van der Waals surface area contributed by atoms with Crippen LogP contribution in [0.2, 0.25) is 0 Å². The van der Waals surface area contributed by atoms with E-state index in [4.69, 9.17) is 0 Å². The second-order valence-corrected chi connectivity index (χ2v) is 2.90. The molecular weight excluding hydrogens is 244 g/mol. The predicted molar refractivity (Wildman–Crippen MR) is 59.2 cm³/mol. The number of likely N-dealkylation sites (N-methyl/N-ethyl adjacent to an activating group) is 2. The summed E-state index contributed by atoms with van der Waals surface area (Å²) in [6, 6.07) is 0. The summed E-state index contributed by atoms with van der Waals surface area (Å²) in [5.41, 5.74) is 0. The van der Waals surface area contributed by atoms with Crippen molar-refractivity contribution in [2.75, 3.05) is 27.3 Å². The number of carbonyl (C=O) groups excluding carboxylic acids is 4. The van der Waals surface area contributed by atoms with Crippen molar-refractivity contribution in [2.45, 2.75) is 0 Å². The van der Waals surface area contributed by atoms with Crippen LogP contribution in [0.4, 0.5) is 0 Å². The highest BCUT2D eigenvalue weighted by molar-refractivity contribution is 5.93. The summed E-state index contributed by atoms with van der Waals surface area (Å²) < 4.78 is 8.93. The summed E-state index contributed by atoms with van der Waals surface area (Å²) in [5.74, 6) is -2.68. The molecule has 0 spiro atoms. The maximum absolute atomic E-state index is 11.0. The Hall–Kier alpha value is -2.38. The van der Waals surface area contributed by atoms with Crippen molar-refractivity contribution in [3.63, 3.8) is 0 Å². The molecule has 0 rings (SSSR count). The average molecular weight is 258 g/mol. The lowest BCUT2D eigenvalue weighted by atomic mass is 10.5. The summed E-state index contributed by atoms with van der Waals surface area (Å²) in [6.07, 6.45) is 1.60. The molecule has 0 aliphatic rings. The fourth-order valence-corrected chi connectivity index (χ4v) is 0.650. The minimum absolute atomic E-state index is 0.438. The van der Waals surface area contributed by atoms with Gasteiger partial charge in [0, 0.05) is 26.2 Å². The van der Waals surface area contributed by atoms with Gasteiger partial charge in [0.05, 0.1) is 0 Å². The van der Waals surface area contributed by atoms with Gasteiger partial charge in [0.15, 0.2) is 13.2 Å². The second-order valence-electron chi connectivity index (χ2n) is 2.90. The Balaban J connectivity index is 3.92. The van der Waals surface area contributed by atoms with E-state index in [1.165, 1.54) is 14.1 Å². The van der Waals surface area contributed by atoms with E-state index in [0.717, 1.165) is 12.2 Å². The smallest absolute Gasteiger partial charge is 0.331 e. The standard InChI is InChI=1S/C10H14N2O6/c1-11-7(13)5-17-9(15)3-4-10(16)18-6-8(14)12-2/h3-4H,5-6H2,1-2H3,(H,11,13)(H,12,14)/b4-3+. The van der Waals surface area contributed by atoms with E-state index < -0.39 is 37.0 Å². The van der Waals surface area contributed by atoms with Gasteiger partial charge in [0.1, 0.15) is 0 Å². The second kappa shape index (κ2) is 8.74. The lowest BCUT2D eigenvalue weighted by Gasteiger charge is -2.01. The molecule has 8 heteroatoms. The van der Waals surface area contributed by atoms with Gasteiger partial charge in [-0.2, -0.15) is 0 Å². The molecule has 0 aromatic carbocycles. The third kappa shape index (κ3) is 7.85. The molecule has 100 valence electrons. The molecule has 0 heterocycles. The van der Waals surface area contributed by atoms with Crippen molar-refractivity contribution >= 4 is 23.8 Å². The Kier molecular flexibility index (Phi) is 7.58. The molecule has 0 aliphatic heterocycles. The highest BCUT2D eigenvalue weighted by Crippen LogP contribution is 1.86. The molecule has 0 saturated carbocycles. The molecule has 0 saturated heterocycles. The third-order valence-corrected chi connectivity index (χ3v) is 1.60. The van der Waals surface area contributed by atoms with Crippen molar-refractivity contribution in [1.29, 1.82) is 0 Å². The van der Waals surface area contributed by atoms with Gasteiger partial charge in [0.2, 0.25) is 0 Å². The first kappa shape index (κ1) is 15.6. The molecule has 0 atom stereocenters. The van der Waals surface area contributed by atoms with Crippen LogP contribution in [-0.2, 0) is 28.7 Å². The Labute approximate surface area is 103 Å². The monoisotopic (exact) mass is 258 g/mol. The number of nitrogens with one attached hydrogen (secondary N) is 2. The minimum atomic E-state index is -0.865. The molecule has 2 N–H and O–H groups in total.